The van der Waals surface area contributed by atoms with E-state index in [0.29, 0.717) is 6.61 Å². The number of benzene rings is 2. The normalized spacial score (nSPS) is 16.2. The predicted octanol–water partition coefficient (Wildman–Crippen LogP) is 4.64. The minimum Gasteiger partial charge on any atom is -0.496 e. The van der Waals surface area contributed by atoms with E-state index in [4.69, 9.17) is 18.9 Å². The lowest BCUT2D eigenvalue weighted by molar-refractivity contribution is 0.309. The van der Waals surface area contributed by atoms with Gasteiger partial charge in [0.05, 0.1) is 34.0 Å². The lowest BCUT2D eigenvalue weighted by Gasteiger charge is -2.31. The van der Waals surface area contributed by atoms with Crippen LogP contribution in [-0.2, 0) is 11.8 Å². The van der Waals surface area contributed by atoms with E-state index in [1.54, 1.807) is 21.3 Å². The maximum absolute atomic E-state index is 5.83. The second kappa shape index (κ2) is 8.54. The Morgan fingerprint density at radius 2 is 1.52 bits per heavy atom. The van der Waals surface area contributed by atoms with Gasteiger partial charge in [-0.25, -0.2) is 0 Å². The smallest absolute Gasteiger partial charge is 0.161 e. The lowest BCUT2D eigenvalue weighted by Crippen LogP contribution is -2.31. The molecule has 0 radical (unpaired) electrons. The van der Waals surface area contributed by atoms with E-state index < -0.39 is 0 Å². The van der Waals surface area contributed by atoms with Crippen molar-refractivity contribution in [2.24, 2.45) is 0 Å². The van der Waals surface area contributed by atoms with Crippen molar-refractivity contribution < 1.29 is 18.9 Å². The molecule has 0 saturated carbocycles. The molecule has 0 aromatic heterocycles. The molecular formula is C24H33NO4. The molecule has 1 atom stereocenters. The van der Waals surface area contributed by atoms with Gasteiger partial charge in [0.1, 0.15) is 11.5 Å². The molecule has 1 aliphatic rings. The molecule has 1 unspecified atom stereocenters. The molecule has 0 spiro atoms. The van der Waals surface area contributed by atoms with Gasteiger partial charge in [-0.3, -0.25) is 0 Å². The van der Waals surface area contributed by atoms with E-state index in [9.17, 15) is 0 Å². The molecular weight excluding hydrogens is 366 g/mol. The van der Waals surface area contributed by atoms with E-state index in [1.807, 2.05) is 6.92 Å². The van der Waals surface area contributed by atoms with Gasteiger partial charge in [0.2, 0.25) is 0 Å². The summed E-state index contributed by atoms with van der Waals surface area (Å²) in [4.78, 5) is 0. The summed E-state index contributed by atoms with van der Waals surface area (Å²) in [5, 5.41) is 3.65. The van der Waals surface area contributed by atoms with Crippen molar-refractivity contribution >= 4 is 0 Å². The highest BCUT2D eigenvalue weighted by Gasteiger charge is 2.29. The maximum atomic E-state index is 5.83. The first-order valence-corrected chi connectivity index (χ1v) is 10.2. The third kappa shape index (κ3) is 4.15. The molecule has 1 N–H and O–H groups in total. The fraction of sp³-hybridized carbons (Fsp3) is 0.500. The molecule has 0 fully saturated rings. The first-order chi connectivity index (χ1) is 13.8. The summed E-state index contributed by atoms with van der Waals surface area (Å²) in [6.45, 7) is 9.98. The molecule has 2 aromatic carbocycles. The van der Waals surface area contributed by atoms with E-state index in [1.165, 1.54) is 11.1 Å². The summed E-state index contributed by atoms with van der Waals surface area (Å²) in [5.74, 6) is 3.27. The number of fused-ring (bicyclic) bond motifs is 1. The fourth-order valence-corrected chi connectivity index (χ4v) is 4.00. The molecule has 2 aromatic rings. The largest absolute Gasteiger partial charge is 0.496 e. The first-order valence-electron chi connectivity index (χ1n) is 10.2. The van der Waals surface area contributed by atoms with Crippen LogP contribution < -0.4 is 24.3 Å². The second-order valence-corrected chi connectivity index (χ2v) is 8.32. The van der Waals surface area contributed by atoms with Crippen molar-refractivity contribution in [2.45, 2.75) is 45.6 Å². The summed E-state index contributed by atoms with van der Waals surface area (Å²) < 4.78 is 23.0. The van der Waals surface area contributed by atoms with Crippen LogP contribution in [0.4, 0.5) is 0 Å². The molecule has 0 saturated heterocycles. The Labute approximate surface area is 174 Å². The Morgan fingerprint density at radius 3 is 2.10 bits per heavy atom. The molecule has 158 valence electrons. The van der Waals surface area contributed by atoms with E-state index in [0.717, 1.165) is 47.1 Å². The summed E-state index contributed by atoms with van der Waals surface area (Å²) in [6, 6.07) is 8.40. The van der Waals surface area contributed by atoms with E-state index in [-0.39, 0.29) is 11.5 Å². The number of hydrogen-bond acceptors (Lipinski definition) is 5. The van der Waals surface area contributed by atoms with Gasteiger partial charge in [0, 0.05) is 17.7 Å². The zero-order valence-electron chi connectivity index (χ0n) is 18.6. The third-order valence-corrected chi connectivity index (χ3v) is 5.45. The number of rotatable bonds is 6. The Morgan fingerprint density at radius 1 is 0.862 bits per heavy atom. The summed E-state index contributed by atoms with van der Waals surface area (Å²) in [5.41, 5.74) is 4.58. The number of methoxy groups -OCH3 is 3. The monoisotopic (exact) mass is 399 g/mol. The van der Waals surface area contributed by atoms with E-state index >= 15 is 0 Å². The molecule has 1 aliphatic heterocycles. The maximum Gasteiger partial charge on any atom is 0.161 e. The number of nitrogens with one attached hydrogen (secondary N) is 1. The van der Waals surface area contributed by atoms with Gasteiger partial charge in [-0.1, -0.05) is 20.8 Å². The molecule has 3 rings (SSSR count). The van der Waals surface area contributed by atoms with Crippen LogP contribution in [0.3, 0.4) is 0 Å². The van der Waals surface area contributed by atoms with Gasteiger partial charge in [-0.15, -0.1) is 0 Å². The average Bonchev–Trinajstić information content (AvgIpc) is 2.71. The Balaban J connectivity index is 2.17. The number of ether oxygens (including phenoxy) is 4. The van der Waals surface area contributed by atoms with Crippen LogP contribution in [0.1, 0.15) is 56.0 Å². The highest BCUT2D eigenvalue weighted by molar-refractivity contribution is 5.56. The van der Waals surface area contributed by atoms with Crippen LogP contribution in [-0.4, -0.2) is 34.5 Å². The highest BCUT2D eigenvalue weighted by Crippen LogP contribution is 2.43. The van der Waals surface area contributed by atoms with Crippen LogP contribution in [0.2, 0.25) is 0 Å². The minimum absolute atomic E-state index is 0.0123. The Hall–Kier alpha value is -2.40. The van der Waals surface area contributed by atoms with Crippen molar-refractivity contribution in [3.8, 4) is 23.0 Å². The van der Waals surface area contributed by atoms with Gasteiger partial charge in [0.15, 0.2) is 11.5 Å². The summed E-state index contributed by atoms with van der Waals surface area (Å²) in [6.07, 6.45) is 0.939. The highest BCUT2D eigenvalue weighted by atomic mass is 16.5. The lowest BCUT2D eigenvalue weighted by atomic mass is 9.83. The summed E-state index contributed by atoms with van der Waals surface area (Å²) in [7, 11) is 5.13. The molecule has 0 amide bonds. The third-order valence-electron chi connectivity index (χ3n) is 5.45. The average molecular weight is 400 g/mol. The van der Waals surface area contributed by atoms with Crippen molar-refractivity contribution in [2.75, 3.05) is 34.5 Å². The molecule has 29 heavy (non-hydrogen) atoms. The van der Waals surface area contributed by atoms with Crippen molar-refractivity contribution in [3.05, 3.63) is 46.5 Å². The van der Waals surface area contributed by atoms with Crippen LogP contribution >= 0.6 is 0 Å². The van der Waals surface area contributed by atoms with Crippen molar-refractivity contribution in [3.63, 3.8) is 0 Å². The Kier molecular flexibility index (Phi) is 6.27. The zero-order chi connectivity index (χ0) is 21.2. The van der Waals surface area contributed by atoms with Crippen molar-refractivity contribution in [1.29, 1.82) is 0 Å². The predicted molar refractivity (Wildman–Crippen MR) is 116 cm³/mol. The zero-order valence-corrected chi connectivity index (χ0v) is 18.6. The first kappa shape index (κ1) is 21.3. The topological polar surface area (TPSA) is 49.0 Å². The molecule has 5 heteroatoms. The quantitative estimate of drug-likeness (QED) is 0.767. The molecule has 0 aliphatic carbocycles. The molecule has 1 heterocycles. The van der Waals surface area contributed by atoms with Crippen LogP contribution in [0, 0.1) is 0 Å². The Bertz CT molecular complexity index is 870. The minimum atomic E-state index is -0.0510. The van der Waals surface area contributed by atoms with Crippen LogP contribution in [0.15, 0.2) is 24.3 Å². The van der Waals surface area contributed by atoms with Gasteiger partial charge in [-0.05, 0) is 54.2 Å². The molecule has 0 bridgehead atoms. The summed E-state index contributed by atoms with van der Waals surface area (Å²) >= 11 is 0. The standard InChI is InChI=1S/C24H33NO4/c1-8-29-22-12-16-15(11-21(22)28-7)9-10-25-23(16)17-13-20(27-6)18(24(2,3)4)14-19(17)26-5/h11-14,23,25H,8-10H2,1-7H3. The van der Waals surface area contributed by atoms with Gasteiger partial charge in [-0.2, -0.15) is 0 Å². The van der Waals surface area contributed by atoms with Gasteiger partial charge in [0.25, 0.3) is 0 Å². The van der Waals surface area contributed by atoms with Crippen LogP contribution in [0.5, 0.6) is 23.0 Å². The number of hydrogen-bond donors (Lipinski definition) is 1. The van der Waals surface area contributed by atoms with Gasteiger partial charge >= 0.3 is 0 Å². The molecule has 5 nitrogen and oxygen atoms in total. The SMILES string of the molecule is CCOc1cc2c(cc1OC)CCNC2c1cc(OC)c(C(C)(C)C)cc1OC. The van der Waals surface area contributed by atoms with Crippen molar-refractivity contribution in [1.82, 2.24) is 5.32 Å². The van der Waals surface area contributed by atoms with Crippen LogP contribution in [0.25, 0.3) is 0 Å². The second-order valence-electron chi connectivity index (χ2n) is 8.32. The fourth-order valence-electron chi connectivity index (χ4n) is 4.00. The van der Waals surface area contributed by atoms with E-state index in [2.05, 4.69) is 50.4 Å². The van der Waals surface area contributed by atoms with Gasteiger partial charge < -0.3 is 24.3 Å².